The fourth-order valence-electron chi connectivity index (χ4n) is 1.67. The summed E-state index contributed by atoms with van der Waals surface area (Å²) in [7, 11) is 0. The van der Waals surface area contributed by atoms with E-state index in [0.29, 0.717) is 4.90 Å². The Bertz CT molecular complexity index is 321. The molecule has 1 fully saturated rings. The monoisotopic (exact) mass is 257 g/mol. The van der Waals surface area contributed by atoms with Crippen molar-refractivity contribution in [2.24, 2.45) is 5.92 Å². The minimum absolute atomic E-state index is 0.120. The zero-order valence-corrected chi connectivity index (χ0v) is 8.71. The van der Waals surface area contributed by atoms with Crippen molar-refractivity contribution < 1.29 is 32.3 Å². The largest absolute Gasteiger partial charge is 0.481 e. The first-order chi connectivity index (χ1) is 7.76. The second-order valence-electron chi connectivity index (χ2n) is 3.85. The normalized spacial score (nSPS) is 21.7. The van der Waals surface area contributed by atoms with E-state index in [1.165, 1.54) is 0 Å². The maximum Gasteiger partial charge on any atom is 0.383 e. The van der Waals surface area contributed by atoms with Gasteiger partial charge >= 0.3 is 18.3 Å². The molecule has 98 valence electrons. The summed E-state index contributed by atoms with van der Waals surface area (Å²) in [5.74, 6) is -8.94. The number of hydrogen-bond acceptors (Lipinski definition) is 2. The van der Waals surface area contributed by atoms with Crippen molar-refractivity contribution in [3.05, 3.63) is 0 Å². The van der Waals surface area contributed by atoms with E-state index in [9.17, 15) is 27.2 Å². The third-order valence-electron chi connectivity index (χ3n) is 2.62. The number of rotatable bonds is 3. The fraction of sp³-hybridized carbons (Fsp3) is 0.778. The van der Waals surface area contributed by atoms with Crippen molar-refractivity contribution in [2.45, 2.75) is 25.2 Å². The molecule has 1 heterocycles. The minimum Gasteiger partial charge on any atom is -0.481 e. The molecule has 4 nitrogen and oxygen atoms in total. The molecule has 1 saturated heterocycles. The highest BCUT2D eigenvalue weighted by molar-refractivity contribution is 5.84. The van der Waals surface area contributed by atoms with Gasteiger partial charge in [-0.25, -0.2) is 8.78 Å². The van der Waals surface area contributed by atoms with Crippen LogP contribution >= 0.6 is 0 Å². The molecule has 8 heteroatoms. The van der Waals surface area contributed by atoms with E-state index in [4.69, 9.17) is 5.11 Å². The van der Waals surface area contributed by atoms with Crippen LogP contribution in [-0.2, 0) is 9.59 Å². The number of carboxylic acids is 1. The quantitative estimate of drug-likeness (QED) is 0.773. The van der Waals surface area contributed by atoms with Gasteiger partial charge in [0.1, 0.15) is 0 Å². The molecule has 0 radical (unpaired) electrons. The van der Waals surface area contributed by atoms with E-state index in [1.54, 1.807) is 0 Å². The van der Waals surface area contributed by atoms with Crippen LogP contribution in [0.1, 0.15) is 12.8 Å². The van der Waals surface area contributed by atoms with Gasteiger partial charge in [0.2, 0.25) is 0 Å². The summed E-state index contributed by atoms with van der Waals surface area (Å²) in [6.07, 6.45) is -3.62. The molecule has 0 aromatic rings. The lowest BCUT2D eigenvalue weighted by Crippen LogP contribution is -2.51. The maximum absolute atomic E-state index is 12.8. The van der Waals surface area contributed by atoms with Crippen LogP contribution in [0, 0.1) is 5.92 Å². The van der Waals surface area contributed by atoms with Gasteiger partial charge in [0.25, 0.3) is 5.91 Å². The summed E-state index contributed by atoms with van der Waals surface area (Å²) < 4.78 is 49.4. The third-order valence-corrected chi connectivity index (χ3v) is 2.62. The van der Waals surface area contributed by atoms with Gasteiger partial charge in [-0.2, -0.15) is 8.78 Å². The lowest BCUT2D eigenvalue weighted by atomic mass is 9.98. The van der Waals surface area contributed by atoms with Crippen LogP contribution in [0.25, 0.3) is 0 Å². The molecule has 0 bridgehead atoms. The molecule has 1 aliphatic heterocycles. The summed E-state index contributed by atoms with van der Waals surface area (Å²) >= 11 is 0. The Hall–Kier alpha value is -1.34. The summed E-state index contributed by atoms with van der Waals surface area (Å²) in [6, 6.07) is 0. The SMILES string of the molecule is O=C(O)C1CCCN(C(=O)C(F)(F)C(F)F)C1. The number of alkyl halides is 4. The Kier molecular flexibility index (Phi) is 3.94. The second kappa shape index (κ2) is 4.89. The molecule has 0 aromatic heterocycles. The van der Waals surface area contributed by atoms with Crippen LogP contribution in [0.3, 0.4) is 0 Å². The first-order valence-corrected chi connectivity index (χ1v) is 4.95. The Morgan fingerprint density at radius 1 is 1.35 bits per heavy atom. The standard InChI is InChI=1S/C9H11F4NO3/c10-7(11)9(12,13)8(17)14-3-1-2-5(4-14)6(15)16/h5,7H,1-4H2,(H,15,16). The average molecular weight is 257 g/mol. The van der Waals surface area contributed by atoms with Crippen molar-refractivity contribution in [1.29, 1.82) is 0 Å². The number of carbonyl (C=O) groups excluding carboxylic acids is 1. The van der Waals surface area contributed by atoms with Gasteiger partial charge < -0.3 is 10.0 Å². The lowest BCUT2D eigenvalue weighted by Gasteiger charge is -2.32. The average Bonchev–Trinajstić information content (AvgIpc) is 2.27. The number of piperidine rings is 1. The van der Waals surface area contributed by atoms with Crippen LogP contribution in [0.5, 0.6) is 0 Å². The minimum atomic E-state index is -4.75. The van der Waals surface area contributed by atoms with E-state index < -0.39 is 36.7 Å². The van der Waals surface area contributed by atoms with Gasteiger partial charge in [0.05, 0.1) is 5.92 Å². The summed E-state index contributed by atoms with van der Waals surface area (Å²) in [5, 5.41) is 8.68. The Balaban J connectivity index is 2.73. The zero-order chi connectivity index (χ0) is 13.2. The van der Waals surface area contributed by atoms with Gasteiger partial charge in [0.15, 0.2) is 0 Å². The maximum atomic E-state index is 12.8. The van der Waals surface area contributed by atoms with Crippen LogP contribution < -0.4 is 0 Å². The second-order valence-corrected chi connectivity index (χ2v) is 3.85. The topological polar surface area (TPSA) is 57.6 Å². The number of carbonyl (C=O) groups is 2. The van der Waals surface area contributed by atoms with Gasteiger partial charge in [-0.3, -0.25) is 9.59 Å². The molecule has 1 atom stereocenters. The number of amides is 1. The zero-order valence-electron chi connectivity index (χ0n) is 8.71. The molecule has 1 rings (SSSR count). The van der Waals surface area contributed by atoms with Crippen LogP contribution in [0.4, 0.5) is 17.6 Å². The van der Waals surface area contributed by atoms with Crippen molar-refractivity contribution in [3.8, 4) is 0 Å². The molecule has 0 spiro atoms. The Labute approximate surface area is 94.2 Å². The highest BCUT2D eigenvalue weighted by Gasteiger charge is 2.51. The molecule has 1 N–H and O–H groups in total. The molecule has 0 saturated carbocycles. The molecule has 1 unspecified atom stereocenters. The smallest absolute Gasteiger partial charge is 0.383 e. The number of likely N-dealkylation sites (tertiary alicyclic amines) is 1. The summed E-state index contributed by atoms with van der Waals surface area (Å²) in [5.41, 5.74) is 0. The Morgan fingerprint density at radius 2 is 1.94 bits per heavy atom. The van der Waals surface area contributed by atoms with E-state index in [1.807, 2.05) is 0 Å². The van der Waals surface area contributed by atoms with Gasteiger partial charge in [-0.05, 0) is 12.8 Å². The van der Waals surface area contributed by atoms with Crippen LogP contribution in [0.2, 0.25) is 0 Å². The predicted octanol–water partition coefficient (Wildman–Crippen LogP) is 1.21. The van der Waals surface area contributed by atoms with Crippen molar-refractivity contribution in [1.82, 2.24) is 4.90 Å². The molecule has 1 amide bonds. The predicted molar refractivity (Wildman–Crippen MR) is 47.9 cm³/mol. The van der Waals surface area contributed by atoms with Crippen LogP contribution in [0.15, 0.2) is 0 Å². The molecule has 0 aliphatic carbocycles. The molecular formula is C9H11F4NO3. The summed E-state index contributed by atoms with van der Waals surface area (Å²) in [6.45, 7) is -0.568. The first kappa shape index (κ1) is 13.7. The van der Waals surface area contributed by atoms with Gasteiger partial charge in [-0.15, -0.1) is 0 Å². The highest BCUT2D eigenvalue weighted by atomic mass is 19.3. The molecule has 1 aliphatic rings. The number of nitrogens with zero attached hydrogens (tertiary/aromatic N) is 1. The van der Waals surface area contributed by atoms with E-state index in [-0.39, 0.29) is 19.4 Å². The number of halogens is 4. The van der Waals surface area contributed by atoms with E-state index in [2.05, 4.69) is 0 Å². The summed E-state index contributed by atoms with van der Waals surface area (Å²) in [4.78, 5) is 22.3. The Morgan fingerprint density at radius 3 is 2.41 bits per heavy atom. The number of carboxylic acid groups (broad SMARTS) is 1. The molecule has 17 heavy (non-hydrogen) atoms. The first-order valence-electron chi connectivity index (χ1n) is 4.95. The highest BCUT2D eigenvalue weighted by Crippen LogP contribution is 2.28. The molecular weight excluding hydrogens is 246 g/mol. The van der Waals surface area contributed by atoms with Crippen LogP contribution in [-0.4, -0.2) is 47.3 Å². The fourth-order valence-corrected chi connectivity index (χ4v) is 1.67. The molecule has 0 aromatic carbocycles. The number of hydrogen-bond donors (Lipinski definition) is 1. The van der Waals surface area contributed by atoms with Gasteiger partial charge in [0, 0.05) is 13.1 Å². The number of aliphatic carboxylic acids is 1. The third kappa shape index (κ3) is 2.86. The van der Waals surface area contributed by atoms with E-state index >= 15 is 0 Å². The van der Waals surface area contributed by atoms with E-state index in [0.717, 1.165) is 0 Å². The van der Waals surface area contributed by atoms with Crippen molar-refractivity contribution in [2.75, 3.05) is 13.1 Å². The van der Waals surface area contributed by atoms with Crippen molar-refractivity contribution in [3.63, 3.8) is 0 Å². The van der Waals surface area contributed by atoms with Gasteiger partial charge in [-0.1, -0.05) is 0 Å². The lowest BCUT2D eigenvalue weighted by molar-refractivity contribution is -0.182. The van der Waals surface area contributed by atoms with Crippen molar-refractivity contribution >= 4 is 11.9 Å².